The molecule has 0 saturated heterocycles. The second-order valence-electron chi connectivity index (χ2n) is 9.14. The minimum Gasteiger partial charge on any atom is -0.489 e. The summed E-state index contributed by atoms with van der Waals surface area (Å²) in [6, 6.07) is 18.5. The lowest BCUT2D eigenvalue weighted by Crippen LogP contribution is -2.19. The number of carboxylic acid groups (broad SMARTS) is 1. The number of fused-ring (bicyclic) bond motifs is 1. The Morgan fingerprint density at radius 1 is 1.03 bits per heavy atom. The normalized spacial score (nSPS) is 15.2. The third kappa shape index (κ3) is 5.00. The maximum Gasteiger partial charge on any atom is 0.371 e. The standard InChI is InChI=1S/C29H23Cl2NO6/c1-15(2)28-20(27(32-38-28)26-21(30)4-3-5-22(26)31)14-36-18-9-6-16(7-10-18)17-8-11-24-19(12-17)23(33)13-25(37-24)29(34)35/h3-13,15,27,32H,14H2,1-2H3,(H,34,35). The Morgan fingerprint density at radius 2 is 1.71 bits per heavy atom. The zero-order valence-electron chi connectivity index (χ0n) is 20.5. The number of carboxylic acids is 1. The number of carbonyl (C=O) groups is 1. The molecule has 1 aliphatic heterocycles. The van der Waals surface area contributed by atoms with Gasteiger partial charge in [-0.3, -0.25) is 4.79 Å². The summed E-state index contributed by atoms with van der Waals surface area (Å²) in [5.41, 5.74) is 6.12. The highest BCUT2D eigenvalue weighted by Crippen LogP contribution is 2.40. The van der Waals surface area contributed by atoms with Crippen LogP contribution in [0, 0.1) is 5.92 Å². The van der Waals surface area contributed by atoms with Crippen molar-refractivity contribution in [2.24, 2.45) is 5.92 Å². The Labute approximate surface area is 228 Å². The maximum absolute atomic E-state index is 12.4. The van der Waals surface area contributed by atoms with Gasteiger partial charge >= 0.3 is 5.97 Å². The molecule has 1 atom stereocenters. The van der Waals surface area contributed by atoms with Gasteiger partial charge in [-0.25, -0.2) is 4.79 Å². The van der Waals surface area contributed by atoms with E-state index in [4.69, 9.17) is 42.3 Å². The number of halogens is 2. The van der Waals surface area contributed by atoms with Crippen LogP contribution in [-0.2, 0) is 4.84 Å². The average molecular weight is 552 g/mol. The van der Waals surface area contributed by atoms with Crippen molar-refractivity contribution in [3.8, 4) is 16.9 Å². The second-order valence-corrected chi connectivity index (χ2v) is 9.95. The maximum atomic E-state index is 12.4. The van der Waals surface area contributed by atoms with E-state index >= 15 is 0 Å². The monoisotopic (exact) mass is 551 g/mol. The summed E-state index contributed by atoms with van der Waals surface area (Å²) in [6.45, 7) is 4.33. The molecule has 38 heavy (non-hydrogen) atoms. The van der Waals surface area contributed by atoms with E-state index in [0.717, 1.165) is 34.1 Å². The topological polar surface area (TPSA) is 98.0 Å². The fraction of sp³-hybridized carbons (Fsp3) is 0.172. The van der Waals surface area contributed by atoms with Crippen molar-refractivity contribution in [2.45, 2.75) is 19.9 Å². The Morgan fingerprint density at radius 3 is 2.37 bits per heavy atom. The van der Waals surface area contributed by atoms with Crippen molar-refractivity contribution in [1.29, 1.82) is 0 Å². The number of ether oxygens (including phenoxy) is 1. The van der Waals surface area contributed by atoms with Crippen LogP contribution in [0.3, 0.4) is 0 Å². The molecule has 0 aliphatic carbocycles. The Bertz CT molecular complexity index is 1600. The van der Waals surface area contributed by atoms with E-state index in [1.165, 1.54) is 0 Å². The number of allylic oxidation sites excluding steroid dienone is 1. The van der Waals surface area contributed by atoms with E-state index in [9.17, 15) is 9.59 Å². The van der Waals surface area contributed by atoms with Crippen LogP contribution in [0.5, 0.6) is 5.75 Å². The quantitative estimate of drug-likeness (QED) is 0.254. The predicted molar refractivity (Wildman–Crippen MR) is 146 cm³/mol. The summed E-state index contributed by atoms with van der Waals surface area (Å²) in [7, 11) is 0. The lowest BCUT2D eigenvalue weighted by Gasteiger charge is -2.17. The summed E-state index contributed by atoms with van der Waals surface area (Å²) >= 11 is 12.9. The molecule has 0 saturated carbocycles. The zero-order valence-corrected chi connectivity index (χ0v) is 22.0. The summed E-state index contributed by atoms with van der Waals surface area (Å²) < 4.78 is 11.5. The minimum absolute atomic E-state index is 0.117. The first kappa shape index (κ1) is 25.9. The first-order valence-corrected chi connectivity index (χ1v) is 12.6. The number of nitrogens with one attached hydrogen (secondary N) is 1. The van der Waals surface area contributed by atoms with Crippen LogP contribution in [0.1, 0.15) is 36.0 Å². The number of aromatic carboxylic acids is 1. The molecule has 1 aliphatic rings. The molecule has 0 amide bonds. The Hall–Kier alpha value is -3.78. The van der Waals surface area contributed by atoms with E-state index in [1.807, 2.05) is 38.1 Å². The smallest absolute Gasteiger partial charge is 0.371 e. The summed E-state index contributed by atoms with van der Waals surface area (Å²) in [4.78, 5) is 29.4. The van der Waals surface area contributed by atoms with Gasteiger partial charge in [-0.1, -0.05) is 61.3 Å². The average Bonchev–Trinajstić information content (AvgIpc) is 3.31. The van der Waals surface area contributed by atoms with Gasteiger partial charge in [0, 0.05) is 33.2 Å². The van der Waals surface area contributed by atoms with Crippen molar-refractivity contribution in [3.63, 3.8) is 0 Å². The first-order valence-electron chi connectivity index (χ1n) is 11.9. The molecule has 1 aromatic heterocycles. The second kappa shape index (κ2) is 10.5. The molecule has 9 heteroatoms. The van der Waals surface area contributed by atoms with Gasteiger partial charge < -0.3 is 19.1 Å². The SMILES string of the molecule is CC(C)C1=C(COc2ccc(-c3ccc4oc(C(=O)O)cc(=O)c4c3)cc2)C(c2c(Cl)cccc2Cl)NO1. The number of hydrogen-bond acceptors (Lipinski definition) is 6. The largest absolute Gasteiger partial charge is 0.489 e. The molecule has 4 aromatic rings. The molecule has 0 fully saturated rings. The van der Waals surface area contributed by atoms with Crippen molar-refractivity contribution in [2.75, 3.05) is 6.61 Å². The molecule has 3 aromatic carbocycles. The fourth-order valence-corrected chi connectivity index (χ4v) is 5.03. The van der Waals surface area contributed by atoms with Gasteiger partial charge in [0.25, 0.3) is 0 Å². The summed E-state index contributed by atoms with van der Waals surface area (Å²) in [5, 5.41) is 10.5. The van der Waals surface area contributed by atoms with Gasteiger partial charge in [0.1, 0.15) is 23.7 Å². The molecule has 2 N–H and O–H groups in total. The molecule has 0 radical (unpaired) electrons. The van der Waals surface area contributed by atoms with Crippen molar-refractivity contribution in [3.05, 3.63) is 110 Å². The van der Waals surface area contributed by atoms with Gasteiger partial charge in [-0.05, 0) is 47.5 Å². The summed E-state index contributed by atoms with van der Waals surface area (Å²) in [5.74, 6) is -0.141. The van der Waals surface area contributed by atoms with Crippen molar-refractivity contribution < 1.29 is 23.9 Å². The van der Waals surface area contributed by atoms with Gasteiger partial charge in [0.15, 0.2) is 5.43 Å². The number of benzene rings is 3. The van der Waals surface area contributed by atoms with E-state index in [2.05, 4.69) is 5.48 Å². The molecule has 5 rings (SSSR count). The van der Waals surface area contributed by atoms with Crippen LogP contribution in [-0.4, -0.2) is 17.7 Å². The van der Waals surface area contributed by atoms with Crippen LogP contribution >= 0.6 is 23.2 Å². The number of rotatable bonds is 7. The van der Waals surface area contributed by atoms with E-state index in [-0.39, 0.29) is 24.1 Å². The Kier molecular flexibility index (Phi) is 7.17. The lowest BCUT2D eigenvalue weighted by atomic mass is 9.96. The highest BCUT2D eigenvalue weighted by Gasteiger charge is 2.33. The zero-order chi connectivity index (χ0) is 27.0. The van der Waals surface area contributed by atoms with Gasteiger partial charge in [0.2, 0.25) is 5.76 Å². The van der Waals surface area contributed by atoms with Gasteiger partial charge in [-0.2, -0.15) is 0 Å². The highest BCUT2D eigenvalue weighted by molar-refractivity contribution is 6.36. The van der Waals surface area contributed by atoms with Crippen LogP contribution in [0.4, 0.5) is 0 Å². The lowest BCUT2D eigenvalue weighted by molar-refractivity contribution is 0.0663. The number of hydrogen-bond donors (Lipinski definition) is 2. The first-order chi connectivity index (χ1) is 18.2. The molecule has 1 unspecified atom stereocenters. The third-order valence-corrected chi connectivity index (χ3v) is 6.94. The van der Waals surface area contributed by atoms with E-state index in [0.29, 0.717) is 21.2 Å². The fourth-order valence-electron chi connectivity index (χ4n) is 4.41. The van der Waals surface area contributed by atoms with Crippen LogP contribution < -0.4 is 15.6 Å². The van der Waals surface area contributed by atoms with Crippen molar-refractivity contribution in [1.82, 2.24) is 5.48 Å². The molecular weight excluding hydrogens is 529 g/mol. The molecule has 7 nitrogen and oxygen atoms in total. The van der Waals surface area contributed by atoms with Crippen LogP contribution in [0.2, 0.25) is 10.0 Å². The third-order valence-electron chi connectivity index (χ3n) is 6.28. The highest BCUT2D eigenvalue weighted by atomic mass is 35.5. The van der Waals surface area contributed by atoms with E-state index < -0.39 is 17.2 Å². The molecular formula is C29H23Cl2NO6. The molecule has 194 valence electrons. The summed E-state index contributed by atoms with van der Waals surface area (Å²) in [6.07, 6.45) is 0. The molecule has 0 spiro atoms. The van der Waals surface area contributed by atoms with Crippen LogP contribution in [0.25, 0.3) is 22.1 Å². The minimum atomic E-state index is -1.29. The predicted octanol–water partition coefficient (Wildman–Crippen LogP) is 7.03. The number of hydroxylamine groups is 1. The Balaban J connectivity index is 1.37. The van der Waals surface area contributed by atoms with Gasteiger partial charge in [0.05, 0.1) is 11.4 Å². The van der Waals surface area contributed by atoms with Crippen LogP contribution in [0.15, 0.2) is 87.3 Å². The van der Waals surface area contributed by atoms with Crippen molar-refractivity contribution >= 4 is 40.1 Å². The van der Waals surface area contributed by atoms with E-state index in [1.54, 1.807) is 36.4 Å². The molecule has 2 heterocycles. The molecule has 0 bridgehead atoms. The van der Waals surface area contributed by atoms with Gasteiger partial charge in [-0.15, -0.1) is 5.48 Å².